The van der Waals surface area contributed by atoms with Crippen molar-refractivity contribution in [2.75, 3.05) is 32.8 Å². The Bertz CT molecular complexity index is 4770. The third-order valence-electron chi connectivity index (χ3n) is 27.6. The third-order valence-corrected chi connectivity index (χ3v) is 27.6. The van der Waals surface area contributed by atoms with Crippen LogP contribution in [-0.2, 0) is 85.5 Å². The summed E-state index contributed by atoms with van der Waals surface area (Å²) in [7, 11) is 0. The van der Waals surface area contributed by atoms with E-state index in [1.54, 1.807) is 154 Å². The number of alkyl halides is 1. The number of rotatable bonds is 19. The summed E-state index contributed by atoms with van der Waals surface area (Å²) >= 11 is 0. The van der Waals surface area contributed by atoms with Crippen LogP contribution in [0.1, 0.15) is 193 Å². The SMILES string of the molecule is C=C[C@@H]1O[C@@H]2C3=C(C)[C@@H](OC(=O)[C@H](O)[C@@H](NC(=O)OC(C)(C)C)c4ccccn4)C[C@@](O)([C@@H](OC(=O)c4ccccc4)[C@H]4[C@@](C)(CC[C@H]5OC[C@]54OC(C)=O)[C@@H]2O1)C3(C)C.CC(=O)O[C@@]12CO[C@@H]1CC[C@@]1(C)[C@@H]3O[C@H](CN4CC(F)C4)O[C@@H]3C3=C(C)[C@@H](OC(=O)[C@H](O)[C@@H](NC(=O)OC(C)(C)C)c4ccccn4)C[C@@](O)([C@@H](OC(=O)c4ccccc4)[C@@H]12)C3(C)C. The van der Waals surface area contributed by atoms with E-state index < -0.39 is 219 Å². The standard InChI is InChI=1S/C47H60FN3O13.C45H56N2O13/c1-25-30(59-41(55)35(53)34(29-16-12-13-19-49-29)50-42(56)64-43(3,4)5)20-47(57)39(62-40(54)27-14-10-9-11-15-27)37-45(8,18-17-31-46(37,24-58-31)63-26(2)52)38-36(33(25)44(47,6)7)60-32(61-38)23-51-21-28(48)22-51;1-10-30-56-34-31-24(2)28(55-39(51)33(49)32(27-18-14-15-21-46-27)47-40(52)60-41(4,5)6)22-45(53,42(31,7)8)37(58-38(50)26-16-12-11-13-17-26)35-43(9,36(34)57-30)20-19-29-44(35,23-54-29)59-25(3)48/h9-16,19,28,30-32,34-39,53,57H,17-18,20-24H2,1-8H3,(H,50,56);10-18,21,28-30,32-37,49,53H,1,19-20,22-23H2,2-9H3,(H,47,52)/t30-,31+,32+,34-,35+,36+,37-,38+,39-,45+,46-,47+;28-,29+,30+,32-,33+,34+,35-,36+,37-,43+,44-,45+/m00/s1. The maximum Gasteiger partial charge on any atom is 0.408 e. The number of alkyl carbamates (subject to hydrolysis) is 2. The van der Waals surface area contributed by atoms with Crippen LogP contribution in [-0.4, -0.2) is 242 Å². The first-order chi connectivity index (χ1) is 58.2. The van der Waals surface area contributed by atoms with Gasteiger partial charge in [0.05, 0.1) is 59.8 Å². The average Bonchev–Trinajstić information content (AvgIpc) is 1.09. The molecule has 31 nitrogen and oxygen atoms in total. The number of pyridine rings is 2. The Kier molecular flexibility index (Phi) is 24.9. The molecule has 11 aliphatic rings. The number of fused-ring (bicyclic) bond motifs is 16. The molecule has 0 unspecified atom stereocenters. The van der Waals surface area contributed by atoms with Gasteiger partial charge in [0, 0.05) is 80.4 Å². The van der Waals surface area contributed by atoms with Gasteiger partial charge < -0.3 is 97.4 Å². The molecule has 124 heavy (non-hydrogen) atoms. The van der Waals surface area contributed by atoms with E-state index in [0.717, 1.165) is 0 Å². The van der Waals surface area contributed by atoms with Crippen LogP contribution in [0.5, 0.6) is 0 Å². The minimum atomic E-state index is -2.11. The minimum absolute atomic E-state index is 0.0393. The number of aliphatic hydroxyl groups is 4. The number of hydrogen-bond donors (Lipinski definition) is 6. The fourth-order valence-electron chi connectivity index (χ4n) is 21.7. The zero-order valence-corrected chi connectivity index (χ0v) is 72.9. The number of hydrogen-bond acceptors (Lipinski definition) is 29. The van der Waals surface area contributed by atoms with Gasteiger partial charge in [-0.1, -0.05) is 96.7 Å². The van der Waals surface area contributed by atoms with Crippen LogP contribution >= 0.6 is 0 Å². The number of aliphatic hydroxyl groups excluding tert-OH is 2. The van der Waals surface area contributed by atoms with Crippen molar-refractivity contribution in [3.05, 3.63) is 167 Å². The lowest BCUT2D eigenvalue weighted by Gasteiger charge is -2.68. The van der Waals surface area contributed by atoms with Crippen molar-refractivity contribution < 1.29 is 129 Å². The van der Waals surface area contributed by atoms with Gasteiger partial charge in [0.2, 0.25) is 0 Å². The van der Waals surface area contributed by atoms with Crippen LogP contribution < -0.4 is 10.6 Å². The Morgan fingerprint density at radius 1 is 0.573 bits per heavy atom. The molecule has 9 fully saturated rings. The molecule has 5 aliphatic heterocycles. The number of carbonyl (C=O) groups excluding carboxylic acids is 8. The lowest BCUT2D eigenvalue weighted by molar-refractivity contribution is -0.345. The number of esters is 6. The number of aromatic nitrogens is 2. The molecule has 7 heterocycles. The van der Waals surface area contributed by atoms with E-state index in [9.17, 15) is 63.2 Å². The summed E-state index contributed by atoms with van der Waals surface area (Å²) in [6, 6.07) is 23.5. The summed E-state index contributed by atoms with van der Waals surface area (Å²) in [5.74, 6) is -6.91. The van der Waals surface area contributed by atoms with E-state index in [2.05, 4.69) is 27.2 Å². The van der Waals surface area contributed by atoms with E-state index in [1.807, 2.05) is 32.6 Å². The summed E-state index contributed by atoms with van der Waals surface area (Å²) in [6.45, 7) is 31.8. The molecule has 5 saturated heterocycles. The molecule has 4 bridgehead atoms. The van der Waals surface area contributed by atoms with Crippen molar-refractivity contribution in [1.29, 1.82) is 0 Å². The minimum Gasteiger partial charge on any atom is -0.456 e. The van der Waals surface area contributed by atoms with Crippen LogP contribution in [0.4, 0.5) is 14.0 Å². The van der Waals surface area contributed by atoms with E-state index in [4.69, 9.17) is 66.3 Å². The van der Waals surface area contributed by atoms with Crippen LogP contribution in [0, 0.1) is 33.5 Å². The maximum atomic E-state index is 14.5. The van der Waals surface area contributed by atoms with Crippen molar-refractivity contribution in [2.45, 2.75) is 287 Å². The molecule has 2 aromatic heterocycles. The van der Waals surface area contributed by atoms with Gasteiger partial charge >= 0.3 is 48.0 Å². The topological polar surface area (TPSA) is 400 Å². The normalized spacial score (nSPS) is 35.2. The number of nitrogens with one attached hydrogen (secondary N) is 2. The molecule has 0 radical (unpaired) electrons. The summed E-state index contributed by atoms with van der Waals surface area (Å²) < 4.78 is 103. The Labute approximate surface area is 720 Å². The summed E-state index contributed by atoms with van der Waals surface area (Å²) in [5, 5.41) is 56.3. The molecule has 2 aromatic carbocycles. The summed E-state index contributed by atoms with van der Waals surface area (Å²) in [5.41, 5.74) is -10.6. The maximum absolute atomic E-state index is 14.5. The number of halogens is 1. The van der Waals surface area contributed by atoms with Crippen LogP contribution in [0.15, 0.2) is 144 Å². The Morgan fingerprint density at radius 3 is 1.32 bits per heavy atom. The van der Waals surface area contributed by atoms with Gasteiger partial charge in [-0.05, 0) is 158 Å². The number of benzene rings is 2. The first-order valence-electron chi connectivity index (χ1n) is 42.4. The lowest BCUT2D eigenvalue weighted by Crippen LogP contribution is -2.79. The largest absolute Gasteiger partial charge is 0.456 e. The number of carbonyl (C=O) groups is 8. The summed E-state index contributed by atoms with van der Waals surface area (Å²) in [6.07, 6.45) is -13.1. The molecule has 4 saturated carbocycles. The van der Waals surface area contributed by atoms with Crippen molar-refractivity contribution in [3.63, 3.8) is 0 Å². The molecule has 6 aliphatic carbocycles. The zero-order valence-electron chi connectivity index (χ0n) is 72.9. The lowest BCUT2D eigenvalue weighted by atomic mass is 9.45. The van der Waals surface area contributed by atoms with Gasteiger partial charge in [0.15, 0.2) is 36.0 Å². The molecule has 4 aromatic rings. The summed E-state index contributed by atoms with van der Waals surface area (Å²) in [4.78, 5) is 120. The van der Waals surface area contributed by atoms with Gasteiger partial charge in [-0.2, -0.15) is 0 Å². The molecule has 2 amide bonds. The highest BCUT2D eigenvalue weighted by Gasteiger charge is 2.80. The molecule has 0 spiro atoms. The highest BCUT2D eigenvalue weighted by atomic mass is 19.1. The fraction of sp³-hybridized carbons (Fsp3) is 0.609. The second-order valence-electron chi connectivity index (χ2n) is 38.4. The van der Waals surface area contributed by atoms with E-state index in [-0.39, 0.29) is 68.2 Å². The monoisotopic (exact) mass is 1730 g/mol. The first kappa shape index (κ1) is 91.0. The molecular formula is C92H116FN5O26. The quantitative estimate of drug-likeness (QED) is 0.0289. The number of likely N-dealkylation sites (tertiary alicyclic amines) is 1. The zero-order chi connectivity index (χ0) is 89.7. The highest BCUT2D eigenvalue weighted by molar-refractivity contribution is 5.90. The van der Waals surface area contributed by atoms with E-state index >= 15 is 0 Å². The number of ether oxygens (including phenoxy) is 14. The van der Waals surface area contributed by atoms with Gasteiger partial charge in [-0.15, -0.1) is 0 Å². The van der Waals surface area contributed by atoms with Crippen LogP contribution in [0.2, 0.25) is 0 Å². The number of nitrogens with zero attached hydrogens (tertiary/aromatic N) is 3. The fourth-order valence-corrected chi connectivity index (χ4v) is 21.7. The van der Waals surface area contributed by atoms with Crippen molar-refractivity contribution >= 4 is 48.0 Å². The van der Waals surface area contributed by atoms with E-state index in [0.29, 0.717) is 48.0 Å². The molecule has 15 rings (SSSR count). The molecule has 24 atom stereocenters. The highest BCUT2D eigenvalue weighted by Crippen LogP contribution is 2.70. The van der Waals surface area contributed by atoms with Crippen molar-refractivity contribution in [1.82, 2.24) is 25.5 Å². The van der Waals surface area contributed by atoms with Crippen molar-refractivity contribution in [2.24, 2.45) is 33.5 Å². The van der Waals surface area contributed by atoms with Crippen LogP contribution in [0.3, 0.4) is 0 Å². The second-order valence-corrected chi connectivity index (χ2v) is 38.4. The predicted molar refractivity (Wildman–Crippen MR) is 437 cm³/mol. The van der Waals surface area contributed by atoms with Crippen molar-refractivity contribution in [3.8, 4) is 0 Å². The van der Waals surface area contributed by atoms with Gasteiger partial charge in [0.25, 0.3) is 0 Å². The predicted octanol–water partition coefficient (Wildman–Crippen LogP) is 9.57. The van der Waals surface area contributed by atoms with Gasteiger partial charge in [0.1, 0.15) is 89.5 Å². The Morgan fingerprint density at radius 2 is 0.968 bits per heavy atom. The second kappa shape index (κ2) is 33.9. The first-order valence-corrected chi connectivity index (χ1v) is 42.4. The Balaban J connectivity index is 0.000000202. The smallest absolute Gasteiger partial charge is 0.408 e. The average molecular weight is 1730 g/mol. The molecule has 672 valence electrons. The molecule has 32 heteroatoms. The van der Waals surface area contributed by atoms with Gasteiger partial charge in [-0.25, -0.2) is 33.2 Å². The van der Waals surface area contributed by atoms with E-state index in [1.165, 1.54) is 44.4 Å². The Hall–Kier alpha value is -9.19. The van der Waals surface area contributed by atoms with Crippen LogP contribution in [0.25, 0.3) is 0 Å². The van der Waals surface area contributed by atoms with Gasteiger partial charge in [-0.3, -0.25) is 24.5 Å². The number of amides is 2. The molecule has 6 N–H and O–H groups in total. The third kappa shape index (κ3) is 16.4. The molecular weight excluding hydrogens is 1610 g/mol.